The quantitative estimate of drug-likeness (QED) is 0.842. The van der Waals surface area contributed by atoms with Crippen LogP contribution in [-0.2, 0) is 20.9 Å². The molecule has 0 radical (unpaired) electrons. The second-order valence-corrected chi connectivity index (χ2v) is 4.39. The number of aromatic nitrogens is 2. The monoisotopic (exact) mass is 309 g/mol. The van der Waals surface area contributed by atoms with Crippen LogP contribution in [0.1, 0.15) is 11.6 Å². The van der Waals surface area contributed by atoms with Crippen LogP contribution in [0.5, 0.6) is 0 Å². The molecular weight excluding hydrogens is 296 g/mol. The first-order chi connectivity index (χ1) is 10.5. The number of amides is 1. The summed E-state index contributed by atoms with van der Waals surface area (Å²) in [5.41, 5.74) is -0.305. The summed E-state index contributed by atoms with van der Waals surface area (Å²) in [5, 5.41) is 6.15. The third-order valence-corrected chi connectivity index (χ3v) is 2.88. The molecule has 0 aliphatic heterocycles. The molecular formula is C14H13F2N3O3. The van der Waals surface area contributed by atoms with Gasteiger partial charge < -0.3 is 10.1 Å². The minimum absolute atomic E-state index is 0.169. The normalized spacial score (nSPS) is 11.8. The minimum Gasteiger partial charge on any atom is -0.467 e. The lowest BCUT2D eigenvalue weighted by atomic mass is 10.1. The number of hydrogen-bond donors (Lipinski definition) is 1. The summed E-state index contributed by atoms with van der Waals surface area (Å²) in [4.78, 5) is 23.7. The van der Waals surface area contributed by atoms with Crippen LogP contribution in [0.25, 0.3) is 0 Å². The first kappa shape index (κ1) is 15.6. The summed E-state index contributed by atoms with van der Waals surface area (Å²) in [6.45, 7) is -0.169. The Hall–Kier alpha value is -2.77. The standard InChI is InChI=1S/C14H13F2N3O3/c1-22-14(21)13(10-7-9(15)3-4-11(10)16)18-12(20)8-19-6-2-5-17-19/h2-7,13H,8H2,1H3,(H,18,20)/t13-/m0/s1. The highest BCUT2D eigenvalue weighted by atomic mass is 19.1. The molecule has 116 valence electrons. The molecule has 0 saturated heterocycles. The van der Waals surface area contributed by atoms with Crippen molar-refractivity contribution in [2.75, 3.05) is 7.11 Å². The maximum atomic E-state index is 13.8. The van der Waals surface area contributed by atoms with E-state index in [-0.39, 0.29) is 12.1 Å². The highest BCUT2D eigenvalue weighted by Crippen LogP contribution is 2.19. The highest BCUT2D eigenvalue weighted by molar-refractivity contribution is 5.85. The molecule has 1 aromatic heterocycles. The van der Waals surface area contributed by atoms with E-state index in [2.05, 4.69) is 15.2 Å². The lowest BCUT2D eigenvalue weighted by Gasteiger charge is -2.17. The number of rotatable bonds is 5. The average Bonchev–Trinajstić information content (AvgIpc) is 2.99. The van der Waals surface area contributed by atoms with E-state index in [1.807, 2.05) is 0 Å². The van der Waals surface area contributed by atoms with Gasteiger partial charge in [0, 0.05) is 18.0 Å². The smallest absolute Gasteiger partial charge is 0.333 e. The third-order valence-electron chi connectivity index (χ3n) is 2.88. The Bertz CT molecular complexity index is 674. The van der Waals surface area contributed by atoms with E-state index in [1.165, 1.54) is 10.9 Å². The van der Waals surface area contributed by atoms with Gasteiger partial charge in [-0.3, -0.25) is 9.48 Å². The Morgan fingerprint density at radius 3 is 2.82 bits per heavy atom. The van der Waals surface area contributed by atoms with E-state index in [0.717, 1.165) is 25.3 Å². The SMILES string of the molecule is COC(=O)[C@@H](NC(=O)Cn1cccn1)c1cc(F)ccc1F. The molecule has 0 spiro atoms. The predicted octanol–water partition coefficient (Wildman–Crippen LogP) is 1.19. The molecule has 0 aliphatic rings. The lowest BCUT2D eigenvalue weighted by Crippen LogP contribution is -2.37. The average molecular weight is 309 g/mol. The van der Waals surface area contributed by atoms with Crippen LogP contribution < -0.4 is 5.32 Å². The second-order valence-electron chi connectivity index (χ2n) is 4.39. The van der Waals surface area contributed by atoms with Gasteiger partial charge in [-0.25, -0.2) is 13.6 Å². The van der Waals surface area contributed by atoms with Gasteiger partial charge in [0.05, 0.1) is 7.11 Å². The summed E-state index contributed by atoms with van der Waals surface area (Å²) in [5.74, 6) is -3.05. The van der Waals surface area contributed by atoms with E-state index in [0.29, 0.717) is 0 Å². The molecule has 1 heterocycles. The van der Waals surface area contributed by atoms with Gasteiger partial charge in [-0.1, -0.05) is 0 Å². The summed E-state index contributed by atoms with van der Waals surface area (Å²) in [7, 11) is 1.09. The van der Waals surface area contributed by atoms with Crippen LogP contribution in [0.15, 0.2) is 36.7 Å². The third kappa shape index (κ3) is 3.66. The first-order valence-electron chi connectivity index (χ1n) is 6.31. The number of carbonyl (C=O) groups excluding carboxylic acids is 2. The van der Waals surface area contributed by atoms with Crippen molar-refractivity contribution in [3.63, 3.8) is 0 Å². The van der Waals surface area contributed by atoms with Crippen LogP contribution in [0.4, 0.5) is 8.78 Å². The topological polar surface area (TPSA) is 73.2 Å². The maximum Gasteiger partial charge on any atom is 0.333 e. The zero-order valence-electron chi connectivity index (χ0n) is 11.6. The number of carbonyl (C=O) groups is 2. The molecule has 1 N–H and O–H groups in total. The van der Waals surface area contributed by atoms with Gasteiger partial charge in [0.1, 0.15) is 18.2 Å². The summed E-state index contributed by atoms with van der Waals surface area (Å²) >= 11 is 0. The van der Waals surface area contributed by atoms with E-state index in [4.69, 9.17) is 0 Å². The fourth-order valence-corrected chi connectivity index (χ4v) is 1.87. The van der Waals surface area contributed by atoms with Crippen molar-refractivity contribution in [1.82, 2.24) is 15.1 Å². The Kier molecular flexibility index (Phi) is 4.82. The van der Waals surface area contributed by atoms with Gasteiger partial charge in [0.25, 0.3) is 0 Å². The zero-order valence-corrected chi connectivity index (χ0v) is 11.6. The highest BCUT2D eigenvalue weighted by Gasteiger charge is 2.27. The van der Waals surface area contributed by atoms with Gasteiger partial charge in [-0.05, 0) is 24.3 Å². The van der Waals surface area contributed by atoms with Crippen molar-refractivity contribution < 1.29 is 23.1 Å². The number of ether oxygens (including phenoxy) is 1. The van der Waals surface area contributed by atoms with Crippen LogP contribution in [-0.4, -0.2) is 28.8 Å². The Labute approximate surface area is 124 Å². The molecule has 8 heteroatoms. The largest absolute Gasteiger partial charge is 0.467 e. The zero-order chi connectivity index (χ0) is 16.1. The predicted molar refractivity (Wildman–Crippen MR) is 71.5 cm³/mol. The number of esters is 1. The van der Waals surface area contributed by atoms with Gasteiger partial charge in [-0.15, -0.1) is 0 Å². The number of hydrogen-bond acceptors (Lipinski definition) is 4. The van der Waals surface area contributed by atoms with Crippen LogP contribution in [0.2, 0.25) is 0 Å². The van der Waals surface area contributed by atoms with Gasteiger partial charge in [0.2, 0.25) is 5.91 Å². The summed E-state index contributed by atoms with van der Waals surface area (Å²) in [6.07, 6.45) is 3.03. The maximum absolute atomic E-state index is 13.8. The summed E-state index contributed by atoms with van der Waals surface area (Å²) < 4.78 is 32.9. The Morgan fingerprint density at radius 1 is 1.41 bits per heavy atom. The van der Waals surface area contributed by atoms with Crippen molar-refractivity contribution in [3.8, 4) is 0 Å². The molecule has 2 rings (SSSR count). The molecule has 0 aliphatic carbocycles. The van der Waals surface area contributed by atoms with Crippen LogP contribution in [0, 0.1) is 11.6 Å². The lowest BCUT2D eigenvalue weighted by molar-refractivity contribution is -0.145. The van der Waals surface area contributed by atoms with Gasteiger partial charge in [-0.2, -0.15) is 5.10 Å². The number of benzene rings is 1. The Morgan fingerprint density at radius 2 is 2.18 bits per heavy atom. The molecule has 0 saturated carbocycles. The van der Waals surface area contributed by atoms with Crippen molar-refractivity contribution in [1.29, 1.82) is 0 Å². The fourth-order valence-electron chi connectivity index (χ4n) is 1.87. The molecule has 1 atom stereocenters. The van der Waals surface area contributed by atoms with Crippen molar-refractivity contribution in [2.45, 2.75) is 12.6 Å². The summed E-state index contributed by atoms with van der Waals surface area (Å²) in [6, 6.07) is 2.81. The van der Waals surface area contributed by atoms with Crippen molar-refractivity contribution in [3.05, 3.63) is 53.9 Å². The van der Waals surface area contributed by atoms with E-state index in [1.54, 1.807) is 12.3 Å². The van der Waals surface area contributed by atoms with E-state index >= 15 is 0 Å². The second kappa shape index (κ2) is 6.79. The Balaban J connectivity index is 2.21. The van der Waals surface area contributed by atoms with Crippen molar-refractivity contribution >= 4 is 11.9 Å². The number of methoxy groups -OCH3 is 1. The van der Waals surface area contributed by atoms with Crippen molar-refractivity contribution in [2.24, 2.45) is 0 Å². The van der Waals surface area contributed by atoms with E-state index in [9.17, 15) is 18.4 Å². The molecule has 0 bridgehead atoms. The molecule has 1 amide bonds. The first-order valence-corrected chi connectivity index (χ1v) is 6.31. The molecule has 0 fully saturated rings. The van der Waals surface area contributed by atoms with Crippen LogP contribution >= 0.6 is 0 Å². The van der Waals surface area contributed by atoms with Crippen LogP contribution in [0.3, 0.4) is 0 Å². The van der Waals surface area contributed by atoms with Gasteiger partial charge >= 0.3 is 5.97 Å². The molecule has 1 aromatic carbocycles. The number of nitrogens with one attached hydrogen (secondary N) is 1. The molecule has 2 aromatic rings. The number of halogens is 2. The molecule has 6 nitrogen and oxygen atoms in total. The van der Waals surface area contributed by atoms with E-state index < -0.39 is 29.6 Å². The van der Waals surface area contributed by atoms with Gasteiger partial charge in [0.15, 0.2) is 6.04 Å². The number of nitrogens with zero attached hydrogens (tertiary/aromatic N) is 2. The molecule has 22 heavy (non-hydrogen) atoms. The fraction of sp³-hybridized carbons (Fsp3) is 0.214. The molecule has 0 unspecified atom stereocenters. The minimum atomic E-state index is -1.44.